The maximum absolute atomic E-state index is 11.9. The van der Waals surface area contributed by atoms with E-state index in [2.05, 4.69) is 16.0 Å². The molecule has 7 nitrogen and oxygen atoms in total. The first-order chi connectivity index (χ1) is 11.2. The Kier molecular flexibility index (Phi) is 4.97. The van der Waals surface area contributed by atoms with E-state index in [1.807, 2.05) is 24.3 Å². The van der Waals surface area contributed by atoms with Crippen LogP contribution in [0.5, 0.6) is 0 Å². The summed E-state index contributed by atoms with van der Waals surface area (Å²) in [5.41, 5.74) is 1.80. The van der Waals surface area contributed by atoms with Crippen LogP contribution in [0, 0.1) is 0 Å². The van der Waals surface area contributed by atoms with Gasteiger partial charge in [0.1, 0.15) is 6.61 Å². The second kappa shape index (κ2) is 7.32. The molecule has 2 aliphatic rings. The van der Waals surface area contributed by atoms with Crippen LogP contribution in [-0.2, 0) is 11.3 Å². The smallest absolute Gasteiger partial charge is 0.414 e. The van der Waals surface area contributed by atoms with E-state index in [1.165, 1.54) is 0 Å². The Labute approximate surface area is 135 Å². The Balaban J connectivity index is 1.46. The van der Waals surface area contributed by atoms with Crippen LogP contribution in [0.1, 0.15) is 18.4 Å². The van der Waals surface area contributed by atoms with E-state index in [1.54, 1.807) is 4.90 Å². The van der Waals surface area contributed by atoms with E-state index in [9.17, 15) is 9.59 Å². The topological polar surface area (TPSA) is 82.7 Å². The number of hydrogen-bond acceptors (Lipinski definition) is 4. The van der Waals surface area contributed by atoms with Gasteiger partial charge in [0.05, 0.1) is 6.54 Å². The maximum Gasteiger partial charge on any atom is 0.414 e. The van der Waals surface area contributed by atoms with Gasteiger partial charge in [0.15, 0.2) is 0 Å². The predicted octanol–water partition coefficient (Wildman–Crippen LogP) is 1.19. The Morgan fingerprint density at radius 1 is 1.35 bits per heavy atom. The number of rotatable bonds is 4. The van der Waals surface area contributed by atoms with Crippen LogP contribution in [-0.4, -0.2) is 44.4 Å². The van der Waals surface area contributed by atoms with Gasteiger partial charge in [0.25, 0.3) is 0 Å². The van der Waals surface area contributed by atoms with Gasteiger partial charge in [-0.05, 0) is 37.1 Å². The van der Waals surface area contributed by atoms with Gasteiger partial charge in [-0.25, -0.2) is 9.59 Å². The SMILES string of the molecule is O=C(NCc1ccc(N2CCOC2=O)cc1)N[C@@H]1CCCNC1. The highest BCUT2D eigenvalue weighted by Gasteiger charge is 2.23. The van der Waals surface area contributed by atoms with Crippen LogP contribution in [0.4, 0.5) is 15.3 Å². The molecule has 0 saturated carbocycles. The number of ether oxygens (including phenoxy) is 1. The fourth-order valence-electron chi connectivity index (χ4n) is 2.82. The van der Waals surface area contributed by atoms with Crippen LogP contribution in [0.15, 0.2) is 24.3 Å². The molecule has 124 valence electrons. The number of carbonyl (C=O) groups is 2. The zero-order valence-corrected chi connectivity index (χ0v) is 13.0. The van der Waals surface area contributed by atoms with Gasteiger partial charge in [0, 0.05) is 24.8 Å². The molecule has 7 heteroatoms. The molecular formula is C16H22N4O3. The molecule has 0 bridgehead atoms. The molecular weight excluding hydrogens is 296 g/mol. The predicted molar refractivity (Wildman–Crippen MR) is 86.4 cm³/mol. The maximum atomic E-state index is 11.9. The molecule has 0 unspecified atom stereocenters. The summed E-state index contributed by atoms with van der Waals surface area (Å²) in [5, 5.41) is 9.10. The van der Waals surface area contributed by atoms with Crippen molar-refractivity contribution in [3.8, 4) is 0 Å². The Hall–Kier alpha value is -2.28. The van der Waals surface area contributed by atoms with Crippen LogP contribution in [0.2, 0.25) is 0 Å². The van der Waals surface area contributed by atoms with Gasteiger partial charge in [-0.3, -0.25) is 4.90 Å². The van der Waals surface area contributed by atoms with Gasteiger partial charge in [0.2, 0.25) is 0 Å². The first-order valence-corrected chi connectivity index (χ1v) is 8.01. The fourth-order valence-corrected chi connectivity index (χ4v) is 2.82. The Bertz CT molecular complexity index is 555. The molecule has 0 radical (unpaired) electrons. The van der Waals surface area contributed by atoms with E-state index < -0.39 is 0 Å². The van der Waals surface area contributed by atoms with Gasteiger partial charge >= 0.3 is 12.1 Å². The number of piperidine rings is 1. The monoisotopic (exact) mass is 318 g/mol. The summed E-state index contributed by atoms with van der Waals surface area (Å²) in [6.07, 6.45) is 1.79. The first kappa shape index (κ1) is 15.6. The summed E-state index contributed by atoms with van der Waals surface area (Å²) in [7, 11) is 0. The summed E-state index contributed by atoms with van der Waals surface area (Å²) in [6, 6.07) is 7.60. The number of cyclic esters (lactones) is 1. The average Bonchev–Trinajstić information content (AvgIpc) is 3.00. The average molecular weight is 318 g/mol. The second-order valence-corrected chi connectivity index (χ2v) is 5.80. The van der Waals surface area contributed by atoms with Gasteiger partial charge in [-0.2, -0.15) is 0 Å². The lowest BCUT2D eigenvalue weighted by molar-refractivity contribution is 0.181. The number of urea groups is 1. The van der Waals surface area contributed by atoms with Crippen molar-refractivity contribution in [3.63, 3.8) is 0 Å². The highest BCUT2D eigenvalue weighted by Crippen LogP contribution is 2.19. The molecule has 23 heavy (non-hydrogen) atoms. The fraction of sp³-hybridized carbons (Fsp3) is 0.500. The molecule has 1 aromatic rings. The lowest BCUT2D eigenvalue weighted by Crippen LogP contribution is -2.48. The molecule has 0 aliphatic carbocycles. The quantitative estimate of drug-likeness (QED) is 0.779. The van der Waals surface area contributed by atoms with Crippen molar-refractivity contribution in [2.24, 2.45) is 0 Å². The minimum Gasteiger partial charge on any atom is -0.447 e. The number of amides is 3. The Morgan fingerprint density at radius 2 is 2.17 bits per heavy atom. The molecule has 2 saturated heterocycles. The van der Waals surface area contributed by atoms with Crippen molar-refractivity contribution < 1.29 is 14.3 Å². The molecule has 2 aliphatic heterocycles. The summed E-state index contributed by atoms with van der Waals surface area (Å²) in [5.74, 6) is 0. The standard InChI is InChI=1S/C16H22N4O3/c21-15(19-13-2-1-7-17-11-13)18-10-12-3-5-14(6-4-12)20-8-9-23-16(20)22/h3-6,13,17H,1-2,7-11H2,(H2,18,19,21)/t13-/m1/s1. The molecule has 3 rings (SSSR count). The minimum atomic E-state index is -0.309. The van der Waals surface area contributed by atoms with Crippen molar-refractivity contribution in [2.75, 3.05) is 31.1 Å². The van der Waals surface area contributed by atoms with Crippen molar-refractivity contribution in [2.45, 2.75) is 25.4 Å². The summed E-state index contributed by atoms with van der Waals surface area (Å²) >= 11 is 0. The third-order valence-electron chi connectivity index (χ3n) is 4.09. The number of benzene rings is 1. The molecule has 1 aromatic carbocycles. The van der Waals surface area contributed by atoms with E-state index in [0.29, 0.717) is 19.7 Å². The number of anilines is 1. The van der Waals surface area contributed by atoms with Crippen LogP contribution in [0.25, 0.3) is 0 Å². The number of carbonyl (C=O) groups excluding carboxylic acids is 2. The lowest BCUT2D eigenvalue weighted by atomic mass is 10.1. The number of hydrogen-bond donors (Lipinski definition) is 3. The molecule has 2 fully saturated rings. The van der Waals surface area contributed by atoms with Crippen LogP contribution in [0.3, 0.4) is 0 Å². The summed E-state index contributed by atoms with van der Waals surface area (Å²) in [4.78, 5) is 25.0. The normalized spacial score (nSPS) is 21.0. The molecule has 2 heterocycles. The molecule has 0 aromatic heterocycles. The molecule has 3 amide bonds. The number of nitrogens with one attached hydrogen (secondary N) is 3. The first-order valence-electron chi connectivity index (χ1n) is 8.01. The molecule has 3 N–H and O–H groups in total. The summed E-state index contributed by atoms with van der Waals surface area (Å²) in [6.45, 7) is 3.31. The van der Waals surface area contributed by atoms with Gasteiger partial charge in [-0.1, -0.05) is 12.1 Å². The van der Waals surface area contributed by atoms with Crippen molar-refractivity contribution in [1.82, 2.24) is 16.0 Å². The third kappa shape index (κ3) is 4.13. The summed E-state index contributed by atoms with van der Waals surface area (Å²) < 4.78 is 4.92. The van der Waals surface area contributed by atoms with E-state index >= 15 is 0 Å². The van der Waals surface area contributed by atoms with Crippen molar-refractivity contribution in [3.05, 3.63) is 29.8 Å². The van der Waals surface area contributed by atoms with Crippen molar-refractivity contribution >= 4 is 17.8 Å². The Morgan fingerprint density at radius 3 is 2.83 bits per heavy atom. The largest absolute Gasteiger partial charge is 0.447 e. The highest BCUT2D eigenvalue weighted by molar-refractivity contribution is 5.89. The van der Waals surface area contributed by atoms with Gasteiger partial charge in [-0.15, -0.1) is 0 Å². The van der Waals surface area contributed by atoms with Crippen LogP contribution < -0.4 is 20.9 Å². The van der Waals surface area contributed by atoms with E-state index in [-0.39, 0.29) is 18.2 Å². The second-order valence-electron chi connectivity index (χ2n) is 5.80. The van der Waals surface area contributed by atoms with Gasteiger partial charge < -0.3 is 20.7 Å². The van der Waals surface area contributed by atoms with Crippen LogP contribution >= 0.6 is 0 Å². The zero-order valence-electron chi connectivity index (χ0n) is 13.0. The number of nitrogens with zero attached hydrogens (tertiary/aromatic N) is 1. The van der Waals surface area contributed by atoms with E-state index in [4.69, 9.17) is 4.74 Å². The zero-order chi connectivity index (χ0) is 16.1. The highest BCUT2D eigenvalue weighted by atomic mass is 16.6. The molecule has 0 spiro atoms. The minimum absolute atomic E-state index is 0.147. The lowest BCUT2D eigenvalue weighted by Gasteiger charge is -2.23. The third-order valence-corrected chi connectivity index (χ3v) is 4.09. The molecule has 1 atom stereocenters. The van der Waals surface area contributed by atoms with Crippen molar-refractivity contribution in [1.29, 1.82) is 0 Å². The van der Waals surface area contributed by atoms with E-state index in [0.717, 1.165) is 37.2 Å².